The molecule has 4 nitrogen and oxygen atoms in total. The van der Waals surface area contributed by atoms with E-state index >= 15 is 0 Å². The van der Waals surface area contributed by atoms with Gasteiger partial charge in [0, 0.05) is 16.3 Å². The predicted octanol–water partition coefficient (Wildman–Crippen LogP) is 2.94. The Morgan fingerprint density at radius 3 is 2.48 bits per heavy atom. The maximum Gasteiger partial charge on any atom is 0.120 e. The molecule has 21 heavy (non-hydrogen) atoms. The minimum absolute atomic E-state index is 0.610. The van der Waals surface area contributed by atoms with Gasteiger partial charge in [-0.1, -0.05) is 17.8 Å². The van der Waals surface area contributed by atoms with E-state index in [0.717, 1.165) is 22.1 Å². The van der Waals surface area contributed by atoms with E-state index in [4.69, 9.17) is 16.2 Å². The van der Waals surface area contributed by atoms with Gasteiger partial charge >= 0.3 is 0 Å². The molecule has 0 spiro atoms. The van der Waals surface area contributed by atoms with Crippen molar-refractivity contribution in [2.75, 3.05) is 38.7 Å². The quantitative estimate of drug-likeness (QED) is 0.803. The van der Waals surface area contributed by atoms with E-state index < -0.39 is 0 Å². The average molecular weight is 303 g/mol. The average Bonchev–Trinajstić information content (AvgIpc) is 2.43. The molecule has 0 heterocycles. The topological polar surface area (TPSA) is 64.5 Å². The van der Waals surface area contributed by atoms with Gasteiger partial charge in [-0.3, -0.25) is 0 Å². The van der Waals surface area contributed by atoms with Gasteiger partial charge < -0.3 is 21.1 Å². The van der Waals surface area contributed by atoms with Crippen molar-refractivity contribution >= 4 is 23.1 Å². The molecular formula is C16H21N3OS. The fraction of sp³-hybridized carbons (Fsp3) is 0.250. The molecule has 2 aromatic rings. The molecule has 4 N–H and O–H groups in total. The summed E-state index contributed by atoms with van der Waals surface area (Å²) in [5, 5.41) is 0. The highest BCUT2D eigenvalue weighted by molar-refractivity contribution is 7.99. The Bertz CT molecular complexity index is 602. The third kappa shape index (κ3) is 4.88. The molecule has 0 fully saturated rings. The van der Waals surface area contributed by atoms with E-state index in [2.05, 4.69) is 11.0 Å². The smallest absolute Gasteiger partial charge is 0.120 e. The van der Waals surface area contributed by atoms with Crippen LogP contribution in [0.3, 0.4) is 0 Å². The maximum atomic E-state index is 5.83. The van der Waals surface area contributed by atoms with Crippen LogP contribution in [0, 0.1) is 0 Å². The molecule has 0 aliphatic rings. The number of anilines is 2. The Labute approximate surface area is 130 Å². The molecule has 0 saturated heterocycles. The summed E-state index contributed by atoms with van der Waals surface area (Å²) in [7, 11) is 4.06. The fourth-order valence-electron chi connectivity index (χ4n) is 1.73. The largest absolute Gasteiger partial charge is 0.492 e. The van der Waals surface area contributed by atoms with Crippen LogP contribution in [-0.2, 0) is 0 Å². The molecule has 0 aromatic heterocycles. The van der Waals surface area contributed by atoms with Gasteiger partial charge in [-0.15, -0.1) is 0 Å². The summed E-state index contributed by atoms with van der Waals surface area (Å²) in [6.07, 6.45) is 0. The molecule has 0 saturated carbocycles. The first-order chi connectivity index (χ1) is 10.0. The van der Waals surface area contributed by atoms with E-state index in [9.17, 15) is 0 Å². The second-order valence-corrected chi connectivity index (χ2v) is 6.17. The van der Waals surface area contributed by atoms with Crippen LogP contribution in [0.1, 0.15) is 0 Å². The molecule has 112 valence electrons. The van der Waals surface area contributed by atoms with E-state index in [0.29, 0.717) is 18.0 Å². The summed E-state index contributed by atoms with van der Waals surface area (Å²) in [4.78, 5) is 4.27. The number of ether oxygens (including phenoxy) is 1. The van der Waals surface area contributed by atoms with Crippen molar-refractivity contribution in [1.29, 1.82) is 0 Å². The van der Waals surface area contributed by atoms with E-state index in [1.54, 1.807) is 11.8 Å². The first-order valence-corrected chi connectivity index (χ1v) is 7.56. The summed E-state index contributed by atoms with van der Waals surface area (Å²) in [5.41, 5.74) is 12.8. The molecule has 0 radical (unpaired) electrons. The molecule has 0 aliphatic carbocycles. The van der Waals surface area contributed by atoms with Crippen LogP contribution in [0.5, 0.6) is 5.75 Å². The van der Waals surface area contributed by atoms with Crippen molar-refractivity contribution < 1.29 is 4.74 Å². The standard InChI is InChI=1S/C16H21N3OS/c1-19(2)8-9-20-12-4-3-5-13(10-12)21-14-6-7-15(17)16(18)11-14/h3-7,10-11H,8-9,17-18H2,1-2H3. The number of hydrogen-bond acceptors (Lipinski definition) is 5. The van der Waals surface area contributed by atoms with Crippen LogP contribution in [-0.4, -0.2) is 32.1 Å². The number of benzene rings is 2. The van der Waals surface area contributed by atoms with Crippen molar-refractivity contribution in [2.24, 2.45) is 0 Å². The lowest BCUT2D eigenvalue weighted by Gasteiger charge is -2.11. The fourth-order valence-corrected chi connectivity index (χ4v) is 2.64. The van der Waals surface area contributed by atoms with Crippen molar-refractivity contribution in [3.05, 3.63) is 42.5 Å². The Morgan fingerprint density at radius 1 is 1.00 bits per heavy atom. The zero-order valence-corrected chi connectivity index (χ0v) is 13.2. The highest BCUT2D eigenvalue weighted by atomic mass is 32.2. The summed E-state index contributed by atoms with van der Waals surface area (Å²) >= 11 is 1.64. The molecule has 2 aromatic carbocycles. The lowest BCUT2D eigenvalue weighted by atomic mass is 10.3. The highest BCUT2D eigenvalue weighted by Gasteiger charge is 2.02. The number of hydrogen-bond donors (Lipinski definition) is 2. The van der Waals surface area contributed by atoms with Crippen molar-refractivity contribution in [1.82, 2.24) is 4.90 Å². The summed E-state index contributed by atoms with van der Waals surface area (Å²) in [5.74, 6) is 0.880. The van der Waals surface area contributed by atoms with Gasteiger partial charge in [0.25, 0.3) is 0 Å². The summed E-state index contributed by atoms with van der Waals surface area (Å²) in [6.45, 7) is 1.57. The van der Waals surface area contributed by atoms with Gasteiger partial charge in [0.05, 0.1) is 11.4 Å². The second-order valence-electron chi connectivity index (χ2n) is 5.02. The van der Waals surface area contributed by atoms with Gasteiger partial charge in [-0.05, 0) is 50.5 Å². The molecule has 0 aliphatic heterocycles. The number of nitrogen functional groups attached to an aromatic ring is 2. The zero-order valence-electron chi connectivity index (χ0n) is 12.4. The van der Waals surface area contributed by atoms with Crippen LogP contribution >= 0.6 is 11.8 Å². The third-order valence-corrected chi connectivity index (χ3v) is 3.89. The Balaban J connectivity index is 2.01. The minimum atomic E-state index is 0.610. The van der Waals surface area contributed by atoms with Crippen molar-refractivity contribution in [3.8, 4) is 5.75 Å². The molecular weight excluding hydrogens is 282 g/mol. The van der Waals surface area contributed by atoms with Crippen molar-refractivity contribution in [2.45, 2.75) is 9.79 Å². The Morgan fingerprint density at radius 2 is 1.76 bits per heavy atom. The van der Waals surface area contributed by atoms with Crippen LogP contribution < -0.4 is 16.2 Å². The van der Waals surface area contributed by atoms with E-state index in [1.165, 1.54) is 0 Å². The van der Waals surface area contributed by atoms with Crippen molar-refractivity contribution in [3.63, 3.8) is 0 Å². The Kier molecular flexibility index (Phi) is 5.36. The van der Waals surface area contributed by atoms with Crippen LogP contribution in [0.4, 0.5) is 11.4 Å². The van der Waals surface area contributed by atoms with Gasteiger partial charge in [-0.2, -0.15) is 0 Å². The number of likely N-dealkylation sites (N-methyl/N-ethyl adjacent to an activating group) is 1. The van der Waals surface area contributed by atoms with Gasteiger partial charge in [0.2, 0.25) is 0 Å². The van der Waals surface area contributed by atoms with E-state index in [-0.39, 0.29) is 0 Å². The number of nitrogens with two attached hydrogens (primary N) is 2. The molecule has 0 unspecified atom stereocenters. The SMILES string of the molecule is CN(C)CCOc1cccc(Sc2ccc(N)c(N)c2)c1. The zero-order chi connectivity index (χ0) is 15.2. The lowest BCUT2D eigenvalue weighted by molar-refractivity contribution is 0.261. The first-order valence-electron chi connectivity index (χ1n) is 6.75. The minimum Gasteiger partial charge on any atom is -0.492 e. The van der Waals surface area contributed by atoms with Crippen LogP contribution in [0.2, 0.25) is 0 Å². The van der Waals surface area contributed by atoms with E-state index in [1.807, 2.05) is 50.5 Å². The van der Waals surface area contributed by atoms with Gasteiger partial charge in [0.15, 0.2) is 0 Å². The molecule has 2 rings (SSSR count). The third-order valence-electron chi connectivity index (χ3n) is 2.91. The Hall–Kier alpha value is -1.85. The molecule has 0 bridgehead atoms. The predicted molar refractivity (Wildman–Crippen MR) is 89.9 cm³/mol. The number of rotatable bonds is 6. The second kappa shape index (κ2) is 7.24. The summed E-state index contributed by atoms with van der Waals surface area (Å²) in [6, 6.07) is 13.7. The lowest BCUT2D eigenvalue weighted by Crippen LogP contribution is -2.19. The molecule has 0 amide bonds. The van der Waals surface area contributed by atoms with Gasteiger partial charge in [0.1, 0.15) is 12.4 Å². The summed E-state index contributed by atoms with van der Waals surface area (Å²) < 4.78 is 5.74. The maximum absolute atomic E-state index is 5.83. The monoisotopic (exact) mass is 303 g/mol. The van der Waals surface area contributed by atoms with Gasteiger partial charge in [-0.25, -0.2) is 0 Å². The van der Waals surface area contributed by atoms with Crippen LogP contribution in [0.15, 0.2) is 52.3 Å². The van der Waals surface area contributed by atoms with Crippen LogP contribution in [0.25, 0.3) is 0 Å². The highest BCUT2D eigenvalue weighted by Crippen LogP contribution is 2.32. The number of nitrogens with zero attached hydrogens (tertiary/aromatic N) is 1. The molecule has 5 heteroatoms. The normalized spacial score (nSPS) is 10.8. The first kappa shape index (κ1) is 15.5. The molecule has 0 atom stereocenters.